The van der Waals surface area contributed by atoms with E-state index in [1.165, 1.54) is 5.70 Å². The van der Waals surface area contributed by atoms with Crippen molar-refractivity contribution in [2.75, 3.05) is 7.05 Å². The largest absolute Gasteiger partial charge is 0.355 e. The van der Waals surface area contributed by atoms with Gasteiger partial charge < -0.3 is 4.90 Å². The van der Waals surface area contributed by atoms with Gasteiger partial charge in [-0.25, -0.2) is 0 Å². The molecule has 2 heteroatoms. The van der Waals surface area contributed by atoms with E-state index in [0.717, 1.165) is 22.3 Å². The van der Waals surface area contributed by atoms with Crippen LogP contribution in [-0.4, -0.2) is 17.7 Å². The summed E-state index contributed by atoms with van der Waals surface area (Å²) >= 11 is 0. The Morgan fingerprint density at radius 3 is 1.76 bits per heavy atom. The molecule has 0 saturated carbocycles. The van der Waals surface area contributed by atoms with E-state index in [9.17, 15) is 4.79 Å². The Kier molecular flexibility index (Phi) is 5.13. The monoisotopic (exact) mass is 337 g/mol. The fourth-order valence-electron chi connectivity index (χ4n) is 2.86. The number of hydrogen-bond acceptors (Lipinski definition) is 2. The zero-order chi connectivity index (χ0) is 19.0. The van der Waals surface area contributed by atoms with Crippen molar-refractivity contribution in [2.24, 2.45) is 10.8 Å². The van der Waals surface area contributed by atoms with Crippen molar-refractivity contribution in [1.29, 1.82) is 0 Å². The first-order valence-electron chi connectivity index (χ1n) is 8.90. The first-order valence-corrected chi connectivity index (χ1v) is 8.90. The van der Waals surface area contributed by atoms with Gasteiger partial charge in [0.15, 0.2) is 5.78 Å². The van der Waals surface area contributed by atoms with Crippen LogP contribution in [0.2, 0.25) is 0 Å². The lowest BCUT2D eigenvalue weighted by atomic mass is 9.72. The molecular weight excluding hydrogens is 306 g/mol. The number of allylic oxidation sites excluding steroid dienone is 11. The normalized spacial score (nSPS) is 20.6. The molecule has 0 N–H and O–H groups in total. The van der Waals surface area contributed by atoms with Gasteiger partial charge in [-0.2, -0.15) is 0 Å². The number of ketones is 1. The van der Waals surface area contributed by atoms with E-state index >= 15 is 0 Å². The standard InChI is InChI=1S/C23H31NO/c1-16-13-17(11-12-24(16)8)9-10-18-14-19(22(2,3)4)21(25)20(15-18)23(5,6)7/h9-15H,1-8H3. The minimum atomic E-state index is -0.169. The van der Waals surface area contributed by atoms with Gasteiger partial charge in [-0.3, -0.25) is 4.79 Å². The Hall–Kier alpha value is -2.09. The molecule has 134 valence electrons. The second-order valence-corrected chi connectivity index (χ2v) is 8.99. The molecule has 0 aromatic carbocycles. The Morgan fingerprint density at radius 1 is 0.840 bits per heavy atom. The topological polar surface area (TPSA) is 20.3 Å². The quantitative estimate of drug-likeness (QED) is 0.609. The zero-order valence-corrected chi connectivity index (χ0v) is 16.9. The molecule has 25 heavy (non-hydrogen) atoms. The summed E-state index contributed by atoms with van der Waals surface area (Å²) in [5.74, 6) is 0.180. The lowest BCUT2D eigenvalue weighted by molar-refractivity contribution is -0.114. The summed E-state index contributed by atoms with van der Waals surface area (Å²) in [5, 5.41) is 0. The molecule has 0 atom stereocenters. The minimum Gasteiger partial charge on any atom is -0.355 e. The van der Waals surface area contributed by atoms with Crippen molar-refractivity contribution in [3.05, 3.63) is 70.6 Å². The van der Waals surface area contributed by atoms with Gasteiger partial charge >= 0.3 is 0 Å². The summed E-state index contributed by atoms with van der Waals surface area (Å²) in [6.07, 6.45) is 14.6. The van der Waals surface area contributed by atoms with Crippen LogP contribution in [-0.2, 0) is 4.79 Å². The molecular formula is C23H31NO. The second-order valence-electron chi connectivity index (χ2n) is 8.99. The average Bonchev–Trinajstić information content (AvgIpc) is 2.47. The highest BCUT2D eigenvalue weighted by Gasteiger charge is 2.33. The summed E-state index contributed by atoms with van der Waals surface area (Å²) in [6.45, 7) is 14.7. The predicted octanol–water partition coefficient (Wildman–Crippen LogP) is 5.73. The average molecular weight is 338 g/mol. The van der Waals surface area contributed by atoms with Crippen molar-refractivity contribution >= 4 is 5.78 Å². The van der Waals surface area contributed by atoms with E-state index in [1.54, 1.807) is 0 Å². The van der Waals surface area contributed by atoms with Crippen LogP contribution in [0.3, 0.4) is 0 Å². The van der Waals surface area contributed by atoms with Gasteiger partial charge in [0.05, 0.1) is 0 Å². The summed E-state index contributed by atoms with van der Waals surface area (Å²) < 4.78 is 0. The zero-order valence-electron chi connectivity index (χ0n) is 16.9. The van der Waals surface area contributed by atoms with Crippen LogP contribution >= 0.6 is 0 Å². The van der Waals surface area contributed by atoms with Crippen LogP contribution in [0.5, 0.6) is 0 Å². The summed E-state index contributed by atoms with van der Waals surface area (Å²) in [7, 11) is 2.04. The van der Waals surface area contributed by atoms with Gasteiger partial charge in [0.2, 0.25) is 0 Å². The predicted molar refractivity (Wildman–Crippen MR) is 107 cm³/mol. The number of carbonyl (C=O) groups is 1. The molecule has 0 bridgehead atoms. The second kappa shape index (κ2) is 6.67. The number of Topliss-reactive ketones (excluding diaryl/α,β-unsaturated/α-hetero) is 1. The third-order valence-electron chi connectivity index (χ3n) is 4.62. The molecule has 0 saturated heterocycles. The van der Waals surface area contributed by atoms with Gasteiger partial charge in [0.25, 0.3) is 0 Å². The van der Waals surface area contributed by atoms with E-state index in [-0.39, 0.29) is 16.6 Å². The maximum atomic E-state index is 12.9. The smallest absolute Gasteiger partial charge is 0.186 e. The molecule has 0 radical (unpaired) electrons. The fourth-order valence-corrected chi connectivity index (χ4v) is 2.86. The van der Waals surface area contributed by atoms with Crippen molar-refractivity contribution < 1.29 is 4.79 Å². The Bertz CT molecular complexity index is 717. The van der Waals surface area contributed by atoms with E-state index < -0.39 is 0 Å². The molecule has 2 aliphatic rings. The van der Waals surface area contributed by atoms with Gasteiger partial charge in [-0.05, 0) is 53.2 Å². The van der Waals surface area contributed by atoms with E-state index in [4.69, 9.17) is 0 Å². The Labute approximate surface area is 153 Å². The first-order chi connectivity index (χ1) is 11.4. The van der Waals surface area contributed by atoms with Crippen LogP contribution in [0.1, 0.15) is 48.5 Å². The van der Waals surface area contributed by atoms with Crippen molar-refractivity contribution in [2.45, 2.75) is 48.5 Å². The highest BCUT2D eigenvalue weighted by atomic mass is 16.1. The van der Waals surface area contributed by atoms with Gasteiger partial charge in [0.1, 0.15) is 0 Å². The van der Waals surface area contributed by atoms with Crippen LogP contribution in [0.15, 0.2) is 70.6 Å². The third-order valence-corrected chi connectivity index (χ3v) is 4.62. The summed E-state index contributed by atoms with van der Waals surface area (Å²) in [4.78, 5) is 15.0. The molecule has 1 heterocycles. The molecule has 0 aromatic heterocycles. The molecule has 2 nitrogen and oxygen atoms in total. The molecule has 0 unspecified atom stereocenters. The third kappa shape index (κ3) is 4.50. The van der Waals surface area contributed by atoms with E-state index in [1.807, 2.05) is 19.2 Å². The number of hydrogen-bond donors (Lipinski definition) is 0. The van der Waals surface area contributed by atoms with E-state index in [2.05, 4.69) is 83.9 Å². The molecule has 1 aliphatic heterocycles. The van der Waals surface area contributed by atoms with Gasteiger partial charge in [-0.15, -0.1) is 0 Å². The SMILES string of the molecule is CC1=CC(=CC=C2C=C(C(C)(C)C)C(=O)C(C(C)(C)C)=C2)C=CN1C. The van der Waals surface area contributed by atoms with Gasteiger partial charge in [0, 0.05) is 30.1 Å². The van der Waals surface area contributed by atoms with Crippen molar-refractivity contribution in [3.63, 3.8) is 0 Å². The number of nitrogens with zero attached hydrogens (tertiary/aromatic N) is 1. The van der Waals surface area contributed by atoms with E-state index in [0.29, 0.717) is 0 Å². The minimum absolute atomic E-state index is 0.169. The lowest BCUT2D eigenvalue weighted by Gasteiger charge is -2.31. The molecule has 0 fully saturated rings. The van der Waals surface area contributed by atoms with Crippen LogP contribution < -0.4 is 0 Å². The summed E-state index contributed by atoms with van der Waals surface area (Å²) in [5.41, 5.74) is 4.89. The summed E-state index contributed by atoms with van der Waals surface area (Å²) in [6, 6.07) is 0. The molecule has 0 spiro atoms. The maximum Gasteiger partial charge on any atom is 0.186 e. The molecule has 0 aromatic rings. The van der Waals surface area contributed by atoms with Gasteiger partial charge in [-0.1, -0.05) is 53.7 Å². The van der Waals surface area contributed by atoms with Crippen molar-refractivity contribution in [1.82, 2.24) is 4.90 Å². The fraction of sp³-hybridized carbons (Fsp3) is 0.435. The van der Waals surface area contributed by atoms with Crippen molar-refractivity contribution in [3.8, 4) is 0 Å². The number of rotatable bonds is 1. The highest BCUT2D eigenvalue weighted by molar-refractivity contribution is 6.11. The van der Waals surface area contributed by atoms with Crippen LogP contribution in [0, 0.1) is 10.8 Å². The Morgan fingerprint density at radius 2 is 1.32 bits per heavy atom. The highest BCUT2D eigenvalue weighted by Crippen LogP contribution is 2.38. The first kappa shape index (κ1) is 19.2. The van der Waals surface area contributed by atoms with Crippen LogP contribution in [0.4, 0.5) is 0 Å². The maximum absolute atomic E-state index is 12.9. The Balaban J connectivity index is 2.47. The molecule has 2 rings (SSSR count). The van der Waals surface area contributed by atoms with Crippen LogP contribution in [0.25, 0.3) is 0 Å². The number of carbonyl (C=O) groups excluding carboxylic acids is 1. The lowest BCUT2D eigenvalue weighted by Crippen LogP contribution is -2.27. The molecule has 1 aliphatic carbocycles. The molecule has 0 amide bonds.